The molecule has 0 aliphatic heterocycles. The third-order valence-corrected chi connectivity index (χ3v) is 2.82. The van der Waals surface area contributed by atoms with Crippen LogP contribution >= 0.6 is 0 Å². The average Bonchev–Trinajstić information content (AvgIpc) is 2.04. The van der Waals surface area contributed by atoms with Crippen molar-refractivity contribution in [2.24, 2.45) is 5.92 Å². The van der Waals surface area contributed by atoms with E-state index in [1.54, 1.807) is 6.92 Å². The van der Waals surface area contributed by atoms with Crippen LogP contribution in [0.15, 0.2) is 0 Å². The van der Waals surface area contributed by atoms with Gasteiger partial charge in [-0.2, -0.15) is 0 Å². The largest absolute Gasteiger partial charge is 0.353 e. The molecule has 0 aromatic carbocycles. The highest BCUT2D eigenvalue weighted by Gasteiger charge is 2.23. The second kappa shape index (κ2) is 4.48. The van der Waals surface area contributed by atoms with E-state index in [1.807, 2.05) is 0 Å². The lowest BCUT2D eigenvalue weighted by Crippen LogP contribution is -2.40. The molecule has 1 aliphatic rings. The molecule has 1 amide bonds. The van der Waals surface area contributed by atoms with Crippen molar-refractivity contribution < 1.29 is 4.79 Å². The van der Waals surface area contributed by atoms with E-state index in [-0.39, 0.29) is 5.91 Å². The van der Waals surface area contributed by atoms with Crippen LogP contribution in [0.4, 0.5) is 0 Å². The van der Waals surface area contributed by atoms with Crippen LogP contribution in [0.3, 0.4) is 0 Å². The van der Waals surface area contributed by atoms with Crippen LogP contribution in [0.25, 0.3) is 0 Å². The van der Waals surface area contributed by atoms with Crippen LogP contribution in [0.2, 0.25) is 0 Å². The second-order valence-corrected chi connectivity index (χ2v) is 3.76. The SMILES string of the molecule is CC[C@@H]1CCCC[C@@H]1NC(C)=O. The van der Waals surface area contributed by atoms with E-state index in [0.29, 0.717) is 6.04 Å². The first-order chi connectivity index (χ1) is 5.74. The molecule has 1 N–H and O–H groups in total. The Morgan fingerprint density at radius 2 is 2.08 bits per heavy atom. The fourth-order valence-electron chi connectivity index (χ4n) is 2.15. The number of carbonyl (C=O) groups is 1. The van der Waals surface area contributed by atoms with Crippen LogP contribution in [-0.4, -0.2) is 11.9 Å². The molecule has 1 saturated carbocycles. The van der Waals surface area contributed by atoms with Gasteiger partial charge < -0.3 is 5.32 Å². The number of carbonyl (C=O) groups excluding carboxylic acids is 1. The fourth-order valence-corrected chi connectivity index (χ4v) is 2.15. The highest BCUT2D eigenvalue weighted by atomic mass is 16.1. The Balaban J connectivity index is 2.41. The first kappa shape index (κ1) is 9.56. The van der Waals surface area contributed by atoms with Gasteiger partial charge in [0, 0.05) is 13.0 Å². The second-order valence-electron chi connectivity index (χ2n) is 3.76. The van der Waals surface area contributed by atoms with Crippen molar-refractivity contribution in [3.63, 3.8) is 0 Å². The summed E-state index contributed by atoms with van der Waals surface area (Å²) in [6, 6.07) is 0.459. The Kier molecular flexibility index (Phi) is 3.57. The molecule has 2 heteroatoms. The highest BCUT2D eigenvalue weighted by molar-refractivity contribution is 5.73. The van der Waals surface area contributed by atoms with E-state index in [0.717, 1.165) is 5.92 Å². The average molecular weight is 169 g/mol. The number of nitrogens with one attached hydrogen (secondary N) is 1. The van der Waals surface area contributed by atoms with Gasteiger partial charge in [-0.1, -0.05) is 26.2 Å². The standard InChI is InChI=1S/C10H19NO/c1-3-9-6-4-5-7-10(9)11-8(2)12/h9-10H,3-7H2,1-2H3,(H,11,12)/t9-,10+/m1/s1. The molecular formula is C10H19NO. The summed E-state index contributed by atoms with van der Waals surface area (Å²) in [5, 5.41) is 3.04. The van der Waals surface area contributed by atoms with Gasteiger partial charge in [-0.15, -0.1) is 0 Å². The molecule has 0 unspecified atom stereocenters. The van der Waals surface area contributed by atoms with Gasteiger partial charge in [0.1, 0.15) is 0 Å². The smallest absolute Gasteiger partial charge is 0.217 e. The van der Waals surface area contributed by atoms with Crippen molar-refractivity contribution in [3.8, 4) is 0 Å². The molecule has 0 aromatic heterocycles. The minimum atomic E-state index is 0.125. The van der Waals surface area contributed by atoms with E-state index in [1.165, 1.54) is 32.1 Å². The molecular weight excluding hydrogens is 150 g/mol. The lowest BCUT2D eigenvalue weighted by Gasteiger charge is -2.31. The van der Waals surface area contributed by atoms with Crippen molar-refractivity contribution in [1.29, 1.82) is 0 Å². The fraction of sp³-hybridized carbons (Fsp3) is 0.900. The molecule has 2 atom stereocenters. The maximum absolute atomic E-state index is 10.9. The van der Waals surface area contributed by atoms with Gasteiger partial charge in [0.15, 0.2) is 0 Å². The summed E-state index contributed by atoms with van der Waals surface area (Å²) >= 11 is 0. The van der Waals surface area contributed by atoms with Crippen LogP contribution < -0.4 is 5.32 Å². The summed E-state index contributed by atoms with van der Waals surface area (Å²) in [5.74, 6) is 0.850. The Bertz CT molecular complexity index is 156. The molecule has 0 spiro atoms. The normalized spacial score (nSPS) is 29.8. The molecule has 2 nitrogen and oxygen atoms in total. The van der Waals surface area contributed by atoms with Gasteiger partial charge in [0.05, 0.1) is 0 Å². The molecule has 1 fully saturated rings. The van der Waals surface area contributed by atoms with Crippen LogP contribution in [0.5, 0.6) is 0 Å². The summed E-state index contributed by atoms with van der Waals surface area (Å²) < 4.78 is 0. The van der Waals surface area contributed by atoms with E-state index < -0.39 is 0 Å². The van der Waals surface area contributed by atoms with Gasteiger partial charge in [-0.25, -0.2) is 0 Å². The third-order valence-electron chi connectivity index (χ3n) is 2.82. The molecule has 0 heterocycles. The van der Waals surface area contributed by atoms with Crippen LogP contribution in [-0.2, 0) is 4.79 Å². The summed E-state index contributed by atoms with van der Waals surface area (Å²) in [6.07, 6.45) is 6.29. The third kappa shape index (κ3) is 2.50. The molecule has 12 heavy (non-hydrogen) atoms. The maximum Gasteiger partial charge on any atom is 0.217 e. The van der Waals surface area contributed by atoms with Crippen molar-refractivity contribution >= 4 is 5.91 Å². The van der Waals surface area contributed by atoms with Crippen molar-refractivity contribution in [3.05, 3.63) is 0 Å². The Labute approximate surface area is 74.7 Å². The molecule has 70 valence electrons. The van der Waals surface area contributed by atoms with Gasteiger partial charge in [0.25, 0.3) is 0 Å². The zero-order valence-corrected chi connectivity index (χ0v) is 8.10. The predicted molar refractivity (Wildman–Crippen MR) is 49.9 cm³/mol. The maximum atomic E-state index is 10.9. The highest BCUT2D eigenvalue weighted by Crippen LogP contribution is 2.26. The molecule has 0 radical (unpaired) electrons. The molecule has 0 aromatic rings. The molecule has 0 bridgehead atoms. The van der Waals surface area contributed by atoms with Gasteiger partial charge >= 0.3 is 0 Å². The summed E-state index contributed by atoms with van der Waals surface area (Å²) in [5.41, 5.74) is 0. The van der Waals surface area contributed by atoms with Crippen LogP contribution in [0, 0.1) is 5.92 Å². The van der Waals surface area contributed by atoms with Crippen molar-refractivity contribution in [1.82, 2.24) is 5.32 Å². The van der Waals surface area contributed by atoms with E-state index in [4.69, 9.17) is 0 Å². The minimum absolute atomic E-state index is 0.125. The summed E-state index contributed by atoms with van der Waals surface area (Å²) in [6.45, 7) is 3.83. The Morgan fingerprint density at radius 3 is 2.67 bits per heavy atom. The van der Waals surface area contributed by atoms with Crippen molar-refractivity contribution in [2.45, 2.75) is 52.0 Å². The lowest BCUT2D eigenvalue weighted by atomic mass is 9.83. The molecule has 0 saturated heterocycles. The van der Waals surface area contributed by atoms with Crippen LogP contribution in [0.1, 0.15) is 46.0 Å². The Morgan fingerprint density at radius 1 is 1.42 bits per heavy atom. The number of rotatable bonds is 2. The lowest BCUT2D eigenvalue weighted by molar-refractivity contribution is -0.120. The van der Waals surface area contributed by atoms with E-state index >= 15 is 0 Å². The van der Waals surface area contributed by atoms with Crippen molar-refractivity contribution in [2.75, 3.05) is 0 Å². The topological polar surface area (TPSA) is 29.1 Å². The van der Waals surface area contributed by atoms with Gasteiger partial charge in [-0.05, 0) is 18.8 Å². The number of hydrogen-bond donors (Lipinski definition) is 1. The molecule has 1 aliphatic carbocycles. The van der Waals surface area contributed by atoms with Gasteiger partial charge in [-0.3, -0.25) is 4.79 Å². The predicted octanol–water partition coefficient (Wildman–Crippen LogP) is 2.09. The van der Waals surface area contributed by atoms with E-state index in [9.17, 15) is 4.79 Å². The summed E-state index contributed by atoms with van der Waals surface area (Å²) in [7, 11) is 0. The number of hydrogen-bond acceptors (Lipinski definition) is 1. The zero-order valence-electron chi connectivity index (χ0n) is 8.10. The monoisotopic (exact) mass is 169 g/mol. The van der Waals surface area contributed by atoms with E-state index in [2.05, 4.69) is 12.2 Å². The zero-order chi connectivity index (χ0) is 8.97. The minimum Gasteiger partial charge on any atom is -0.353 e. The quantitative estimate of drug-likeness (QED) is 0.673. The van der Waals surface area contributed by atoms with Gasteiger partial charge in [0.2, 0.25) is 5.91 Å². The summed E-state index contributed by atoms with van der Waals surface area (Å²) in [4.78, 5) is 10.9. The number of amides is 1. The Hall–Kier alpha value is -0.530. The first-order valence-electron chi connectivity index (χ1n) is 5.01. The first-order valence-corrected chi connectivity index (χ1v) is 5.01. The molecule has 1 rings (SSSR count).